The molecule has 2 aliphatic heterocycles. The number of rotatable bonds is 3. The van der Waals surface area contributed by atoms with Gasteiger partial charge in [-0.15, -0.1) is 11.3 Å². The number of carbonyl (C=O) groups excluding carboxylic acids is 1. The number of thiophene rings is 1. The number of nitrogens with two attached hydrogens (primary N) is 1. The van der Waals surface area contributed by atoms with E-state index < -0.39 is 0 Å². The van der Waals surface area contributed by atoms with Crippen molar-refractivity contribution in [2.45, 2.75) is 31.0 Å². The van der Waals surface area contributed by atoms with Crippen LogP contribution in [0.5, 0.6) is 0 Å². The summed E-state index contributed by atoms with van der Waals surface area (Å²) in [4.78, 5) is 27.8. The zero-order valence-electron chi connectivity index (χ0n) is 13.7. The lowest BCUT2D eigenvalue weighted by Gasteiger charge is -2.22. The van der Waals surface area contributed by atoms with Crippen LogP contribution in [0.4, 0.5) is 5.82 Å². The fraction of sp³-hybridized carbons (Fsp3) is 0.562. The van der Waals surface area contributed by atoms with Gasteiger partial charge in [-0.3, -0.25) is 4.79 Å². The highest BCUT2D eigenvalue weighted by atomic mass is 32.2. The third kappa shape index (κ3) is 2.98. The molecular formula is C16H21N5OS2. The minimum atomic E-state index is 0.173. The first-order chi connectivity index (χ1) is 11.6. The summed E-state index contributed by atoms with van der Waals surface area (Å²) in [5.74, 6) is 1.11. The predicted molar refractivity (Wildman–Crippen MR) is 98.4 cm³/mol. The molecule has 2 aliphatic rings. The van der Waals surface area contributed by atoms with Crippen LogP contribution in [0.1, 0.15) is 23.3 Å². The van der Waals surface area contributed by atoms with Crippen LogP contribution in [-0.4, -0.2) is 58.1 Å². The molecule has 0 aliphatic carbocycles. The molecule has 2 N–H and O–H groups in total. The highest BCUT2D eigenvalue weighted by Crippen LogP contribution is 2.37. The van der Waals surface area contributed by atoms with E-state index in [4.69, 9.17) is 5.73 Å². The molecule has 4 heterocycles. The normalized spacial score (nSPS) is 18.3. The summed E-state index contributed by atoms with van der Waals surface area (Å²) in [6, 6.07) is 0. The van der Waals surface area contributed by atoms with Crippen LogP contribution in [0.2, 0.25) is 0 Å². The van der Waals surface area contributed by atoms with E-state index in [-0.39, 0.29) is 5.91 Å². The Morgan fingerprint density at radius 3 is 2.88 bits per heavy atom. The fourth-order valence-electron chi connectivity index (χ4n) is 3.38. The third-order valence-electron chi connectivity index (χ3n) is 4.68. The van der Waals surface area contributed by atoms with Gasteiger partial charge in [0.2, 0.25) is 5.91 Å². The topological polar surface area (TPSA) is 75.4 Å². The number of nitrogen functional groups attached to an aromatic ring is 1. The minimum Gasteiger partial charge on any atom is -0.383 e. The lowest BCUT2D eigenvalue weighted by Crippen LogP contribution is -2.29. The van der Waals surface area contributed by atoms with Crippen LogP contribution in [-0.2, 0) is 17.8 Å². The average molecular weight is 364 g/mol. The Labute approximate surface area is 149 Å². The zero-order valence-corrected chi connectivity index (χ0v) is 15.4. The number of aromatic nitrogens is 2. The van der Waals surface area contributed by atoms with Crippen molar-refractivity contribution in [2.24, 2.45) is 0 Å². The first kappa shape index (κ1) is 16.1. The molecule has 1 saturated heterocycles. The molecule has 2 aromatic rings. The predicted octanol–water partition coefficient (Wildman–Crippen LogP) is 1.98. The Morgan fingerprint density at radius 2 is 2.08 bits per heavy atom. The van der Waals surface area contributed by atoms with E-state index in [9.17, 15) is 4.79 Å². The van der Waals surface area contributed by atoms with Crippen LogP contribution >= 0.6 is 23.1 Å². The van der Waals surface area contributed by atoms with Gasteiger partial charge in [0, 0.05) is 31.1 Å². The van der Waals surface area contributed by atoms with Gasteiger partial charge >= 0.3 is 0 Å². The lowest BCUT2D eigenvalue weighted by atomic mass is 10.1. The largest absolute Gasteiger partial charge is 0.383 e. The number of carbonyl (C=O) groups is 1. The van der Waals surface area contributed by atoms with Gasteiger partial charge in [0.25, 0.3) is 0 Å². The zero-order chi connectivity index (χ0) is 16.7. The van der Waals surface area contributed by atoms with Crippen LogP contribution in [0.15, 0.2) is 5.16 Å². The molecule has 24 heavy (non-hydrogen) atoms. The number of nitrogens with zero attached hydrogens (tertiary/aromatic N) is 4. The number of likely N-dealkylation sites (tertiary alicyclic amines) is 1. The number of likely N-dealkylation sites (N-methyl/N-ethyl adjacent to an activating group) is 1. The van der Waals surface area contributed by atoms with Gasteiger partial charge in [-0.1, -0.05) is 11.8 Å². The number of fused-ring (bicyclic) bond motifs is 3. The highest BCUT2D eigenvalue weighted by molar-refractivity contribution is 7.99. The molecule has 8 heteroatoms. The first-order valence-electron chi connectivity index (χ1n) is 8.28. The Kier molecular flexibility index (Phi) is 4.36. The molecule has 1 amide bonds. The molecule has 4 rings (SSSR count). The fourth-order valence-corrected chi connectivity index (χ4v) is 5.50. The minimum absolute atomic E-state index is 0.173. The maximum Gasteiger partial charge on any atom is 0.233 e. The molecule has 0 atom stereocenters. The van der Waals surface area contributed by atoms with Crippen LogP contribution in [0.25, 0.3) is 10.2 Å². The van der Waals surface area contributed by atoms with Gasteiger partial charge in [0.15, 0.2) is 5.16 Å². The summed E-state index contributed by atoms with van der Waals surface area (Å²) < 4.78 is 0. The average Bonchev–Trinajstić information content (AvgIpc) is 3.19. The van der Waals surface area contributed by atoms with Crippen molar-refractivity contribution < 1.29 is 4.79 Å². The summed E-state index contributed by atoms with van der Waals surface area (Å²) in [7, 11) is 2.13. The van der Waals surface area contributed by atoms with E-state index >= 15 is 0 Å². The Bertz CT molecular complexity index is 784. The second kappa shape index (κ2) is 6.50. The molecule has 2 aromatic heterocycles. The maximum atomic E-state index is 12.2. The Morgan fingerprint density at radius 1 is 1.29 bits per heavy atom. The van der Waals surface area contributed by atoms with E-state index in [1.807, 2.05) is 4.90 Å². The van der Waals surface area contributed by atoms with E-state index in [1.54, 1.807) is 11.3 Å². The number of hydrogen-bond donors (Lipinski definition) is 1. The third-order valence-corrected chi connectivity index (χ3v) is 6.62. The van der Waals surface area contributed by atoms with E-state index in [1.165, 1.54) is 22.2 Å². The molecule has 1 fully saturated rings. The van der Waals surface area contributed by atoms with E-state index in [2.05, 4.69) is 21.9 Å². The maximum absolute atomic E-state index is 12.2. The smallest absolute Gasteiger partial charge is 0.233 e. The van der Waals surface area contributed by atoms with Crippen molar-refractivity contribution in [2.75, 3.05) is 38.2 Å². The van der Waals surface area contributed by atoms with Gasteiger partial charge in [0.1, 0.15) is 10.6 Å². The van der Waals surface area contributed by atoms with Crippen molar-refractivity contribution in [1.29, 1.82) is 0 Å². The molecule has 0 aromatic carbocycles. The highest BCUT2D eigenvalue weighted by Gasteiger charge is 2.23. The second-order valence-electron chi connectivity index (χ2n) is 6.44. The molecule has 0 spiro atoms. The van der Waals surface area contributed by atoms with Crippen molar-refractivity contribution in [1.82, 2.24) is 19.8 Å². The van der Waals surface area contributed by atoms with Crippen LogP contribution in [0.3, 0.4) is 0 Å². The van der Waals surface area contributed by atoms with Crippen molar-refractivity contribution >= 4 is 45.0 Å². The molecule has 0 radical (unpaired) electrons. The number of thioether (sulfide) groups is 1. The van der Waals surface area contributed by atoms with Crippen LogP contribution in [0, 0.1) is 0 Å². The van der Waals surface area contributed by atoms with Crippen molar-refractivity contribution in [3.8, 4) is 0 Å². The molecule has 0 saturated carbocycles. The molecule has 128 valence electrons. The van der Waals surface area contributed by atoms with Gasteiger partial charge in [-0.05, 0) is 31.9 Å². The lowest BCUT2D eigenvalue weighted by molar-refractivity contribution is -0.127. The number of amides is 1. The van der Waals surface area contributed by atoms with Crippen LogP contribution < -0.4 is 5.73 Å². The second-order valence-corrected chi connectivity index (χ2v) is 8.47. The number of hydrogen-bond acceptors (Lipinski definition) is 7. The van der Waals surface area contributed by atoms with Gasteiger partial charge < -0.3 is 15.5 Å². The van der Waals surface area contributed by atoms with Gasteiger partial charge in [0.05, 0.1) is 11.1 Å². The van der Waals surface area contributed by atoms with E-state index in [0.717, 1.165) is 55.7 Å². The molecule has 6 nitrogen and oxygen atoms in total. The molecule has 0 unspecified atom stereocenters. The monoisotopic (exact) mass is 363 g/mol. The van der Waals surface area contributed by atoms with Crippen molar-refractivity contribution in [3.05, 3.63) is 10.4 Å². The Balaban J connectivity index is 1.55. The van der Waals surface area contributed by atoms with Gasteiger partial charge in [-0.2, -0.15) is 0 Å². The quantitative estimate of drug-likeness (QED) is 0.664. The summed E-state index contributed by atoms with van der Waals surface area (Å²) in [6.45, 7) is 3.75. The molecular weight excluding hydrogens is 342 g/mol. The molecule has 0 bridgehead atoms. The summed E-state index contributed by atoms with van der Waals surface area (Å²) in [5.41, 5.74) is 7.54. The van der Waals surface area contributed by atoms with Gasteiger partial charge in [-0.25, -0.2) is 9.97 Å². The summed E-state index contributed by atoms with van der Waals surface area (Å²) in [5, 5.41) is 1.64. The Hall–Kier alpha value is -1.38. The SMILES string of the molecule is CN1CCc2c(sc3nc(SCC(=O)N4CCCC4)nc(N)c23)C1. The van der Waals surface area contributed by atoms with Crippen molar-refractivity contribution in [3.63, 3.8) is 0 Å². The van der Waals surface area contributed by atoms with E-state index in [0.29, 0.717) is 16.7 Å². The first-order valence-corrected chi connectivity index (χ1v) is 10.1. The number of anilines is 1. The standard InChI is InChI=1S/C16H21N5OS2/c1-20-7-4-10-11(8-20)24-15-13(10)14(17)18-16(19-15)23-9-12(22)21-5-2-3-6-21/h2-9H2,1H3,(H2,17,18,19). The summed E-state index contributed by atoms with van der Waals surface area (Å²) >= 11 is 3.10. The summed E-state index contributed by atoms with van der Waals surface area (Å²) in [6.07, 6.45) is 3.22.